The molecule has 1 aromatic carbocycles. The molecule has 0 spiro atoms. The van der Waals surface area contributed by atoms with E-state index in [-0.39, 0.29) is 12.7 Å². The molecule has 146 valence electrons. The largest absolute Gasteiger partial charge is 0.454 e. The van der Waals surface area contributed by atoms with Crippen molar-refractivity contribution in [1.29, 1.82) is 0 Å². The molecule has 1 amide bonds. The maximum absolute atomic E-state index is 12.7. The molecule has 28 heavy (non-hydrogen) atoms. The van der Waals surface area contributed by atoms with Crippen LogP contribution in [0.25, 0.3) is 0 Å². The zero-order valence-electron chi connectivity index (χ0n) is 15.6. The number of aromatic nitrogens is 2. The third-order valence-corrected chi connectivity index (χ3v) is 4.81. The van der Waals surface area contributed by atoms with Crippen LogP contribution in [0.2, 0.25) is 0 Å². The molecule has 1 N–H and O–H groups in total. The predicted octanol–water partition coefficient (Wildman–Crippen LogP) is 1.76. The quantitative estimate of drug-likeness (QED) is 0.764. The van der Waals surface area contributed by atoms with Crippen LogP contribution in [0.15, 0.2) is 43.0 Å². The van der Waals surface area contributed by atoms with Crippen LogP contribution in [0.3, 0.4) is 0 Å². The lowest BCUT2D eigenvalue weighted by atomic mass is 10.1. The van der Waals surface area contributed by atoms with E-state index in [1.807, 2.05) is 17.0 Å². The average molecular weight is 381 g/mol. The van der Waals surface area contributed by atoms with Crippen molar-refractivity contribution < 1.29 is 14.3 Å². The summed E-state index contributed by atoms with van der Waals surface area (Å²) < 4.78 is 10.8. The lowest BCUT2D eigenvalue weighted by Crippen LogP contribution is -2.48. The minimum Gasteiger partial charge on any atom is -0.454 e. The van der Waals surface area contributed by atoms with Gasteiger partial charge in [0, 0.05) is 39.3 Å². The van der Waals surface area contributed by atoms with Crippen molar-refractivity contribution in [3.8, 4) is 11.5 Å². The van der Waals surface area contributed by atoms with Crippen molar-refractivity contribution in [2.75, 3.05) is 44.8 Å². The van der Waals surface area contributed by atoms with E-state index in [0.717, 1.165) is 31.1 Å². The summed E-state index contributed by atoms with van der Waals surface area (Å²) in [6, 6.07) is 9.50. The van der Waals surface area contributed by atoms with Crippen LogP contribution >= 0.6 is 0 Å². The highest BCUT2D eigenvalue weighted by atomic mass is 16.7. The van der Waals surface area contributed by atoms with Gasteiger partial charge >= 0.3 is 0 Å². The van der Waals surface area contributed by atoms with Crippen LogP contribution in [0.1, 0.15) is 16.1 Å². The molecule has 1 saturated heterocycles. The highest BCUT2D eigenvalue weighted by Gasteiger charge is 2.24. The highest BCUT2D eigenvalue weighted by Crippen LogP contribution is 2.32. The van der Waals surface area contributed by atoms with Gasteiger partial charge in [0.2, 0.25) is 6.79 Å². The smallest absolute Gasteiger partial charge is 0.274 e. The van der Waals surface area contributed by atoms with Crippen LogP contribution in [-0.2, 0) is 6.54 Å². The number of carbonyl (C=O) groups is 1. The number of rotatable bonds is 6. The van der Waals surface area contributed by atoms with Gasteiger partial charge in [-0.15, -0.1) is 16.8 Å². The summed E-state index contributed by atoms with van der Waals surface area (Å²) in [6.45, 7) is 8.32. The van der Waals surface area contributed by atoms with Crippen LogP contribution in [0.4, 0.5) is 5.82 Å². The van der Waals surface area contributed by atoms with Crippen LogP contribution in [0, 0.1) is 0 Å². The molecule has 3 heterocycles. The number of nitrogens with zero attached hydrogens (tertiary/aromatic N) is 4. The van der Waals surface area contributed by atoms with E-state index >= 15 is 0 Å². The Kier molecular flexibility index (Phi) is 5.38. The number of fused-ring (bicyclic) bond motifs is 1. The van der Waals surface area contributed by atoms with Crippen molar-refractivity contribution in [1.82, 2.24) is 20.0 Å². The Labute approximate surface area is 163 Å². The molecule has 0 radical (unpaired) electrons. The number of carbonyl (C=O) groups excluding carboxylic acids is 1. The summed E-state index contributed by atoms with van der Waals surface area (Å²) in [5.41, 5.74) is 1.55. The topological polar surface area (TPSA) is 79.8 Å². The molecule has 8 heteroatoms. The number of hydrogen-bond donors (Lipinski definition) is 1. The third-order valence-electron chi connectivity index (χ3n) is 4.81. The number of amides is 1. The van der Waals surface area contributed by atoms with Crippen molar-refractivity contribution in [3.63, 3.8) is 0 Å². The van der Waals surface area contributed by atoms with Gasteiger partial charge in [0.1, 0.15) is 5.82 Å². The molecule has 1 fully saturated rings. The van der Waals surface area contributed by atoms with Gasteiger partial charge in [0.05, 0.1) is 0 Å². The molecular formula is C20H23N5O3. The molecule has 1 aromatic heterocycles. The summed E-state index contributed by atoms with van der Waals surface area (Å²) in [5.74, 6) is 2.15. The first-order valence-corrected chi connectivity index (χ1v) is 9.31. The van der Waals surface area contributed by atoms with E-state index in [1.165, 1.54) is 5.56 Å². The van der Waals surface area contributed by atoms with E-state index in [1.54, 1.807) is 18.2 Å². The maximum atomic E-state index is 12.7. The van der Waals surface area contributed by atoms with E-state index in [2.05, 4.69) is 33.1 Å². The van der Waals surface area contributed by atoms with Crippen LogP contribution in [-0.4, -0.2) is 65.4 Å². The van der Waals surface area contributed by atoms with Crippen molar-refractivity contribution >= 4 is 11.7 Å². The Morgan fingerprint density at radius 1 is 1.11 bits per heavy atom. The van der Waals surface area contributed by atoms with E-state index in [0.29, 0.717) is 31.1 Å². The molecule has 2 aromatic rings. The van der Waals surface area contributed by atoms with Crippen molar-refractivity contribution in [2.24, 2.45) is 0 Å². The normalized spacial score (nSPS) is 16.1. The second kappa shape index (κ2) is 8.26. The average Bonchev–Trinajstić information content (AvgIpc) is 3.20. The first-order valence-electron chi connectivity index (χ1n) is 9.31. The SMILES string of the molecule is C=CCNc1ccc(C(=O)N2CCN(Cc3ccc4c(c3)OCO4)CC2)nn1. The summed E-state index contributed by atoms with van der Waals surface area (Å²) in [5, 5.41) is 11.1. The fourth-order valence-corrected chi connectivity index (χ4v) is 3.29. The molecule has 0 atom stereocenters. The Bertz CT molecular complexity index is 847. The van der Waals surface area contributed by atoms with Gasteiger partial charge in [-0.3, -0.25) is 9.69 Å². The summed E-state index contributed by atoms with van der Waals surface area (Å²) in [4.78, 5) is 16.8. The summed E-state index contributed by atoms with van der Waals surface area (Å²) in [6.07, 6.45) is 1.74. The number of ether oxygens (including phenoxy) is 2. The Balaban J connectivity index is 1.29. The lowest BCUT2D eigenvalue weighted by molar-refractivity contribution is 0.0621. The first kappa shape index (κ1) is 18.2. The zero-order chi connectivity index (χ0) is 19.3. The minimum absolute atomic E-state index is 0.0782. The number of hydrogen-bond acceptors (Lipinski definition) is 7. The minimum atomic E-state index is -0.0782. The van der Waals surface area contributed by atoms with Gasteiger partial charge in [0.25, 0.3) is 5.91 Å². The maximum Gasteiger partial charge on any atom is 0.274 e. The second-order valence-electron chi connectivity index (χ2n) is 6.73. The van der Waals surface area contributed by atoms with Crippen LogP contribution in [0.5, 0.6) is 11.5 Å². The molecular weight excluding hydrogens is 358 g/mol. The third kappa shape index (κ3) is 4.07. The molecule has 2 aliphatic rings. The van der Waals surface area contributed by atoms with Gasteiger partial charge in [-0.05, 0) is 29.8 Å². The number of piperazine rings is 1. The van der Waals surface area contributed by atoms with Gasteiger partial charge in [-0.1, -0.05) is 12.1 Å². The number of nitrogens with one attached hydrogen (secondary N) is 1. The molecule has 0 unspecified atom stereocenters. The molecule has 8 nitrogen and oxygen atoms in total. The van der Waals surface area contributed by atoms with Gasteiger partial charge in [-0.25, -0.2) is 0 Å². The molecule has 0 bridgehead atoms. The zero-order valence-corrected chi connectivity index (χ0v) is 15.6. The van der Waals surface area contributed by atoms with E-state index in [9.17, 15) is 4.79 Å². The molecule has 4 rings (SSSR count). The second-order valence-corrected chi connectivity index (χ2v) is 6.73. The number of anilines is 1. The first-order chi connectivity index (χ1) is 13.7. The summed E-state index contributed by atoms with van der Waals surface area (Å²) in [7, 11) is 0. The monoisotopic (exact) mass is 381 g/mol. The summed E-state index contributed by atoms with van der Waals surface area (Å²) >= 11 is 0. The standard InChI is InChI=1S/C20H23N5O3/c1-2-7-21-19-6-4-16(22-23-19)20(26)25-10-8-24(9-11-25)13-15-3-5-17-18(12-15)28-14-27-17/h2-6,12H,1,7-11,13-14H2,(H,21,23). The van der Waals surface area contributed by atoms with Gasteiger partial charge in [-0.2, -0.15) is 0 Å². The van der Waals surface area contributed by atoms with Crippen molar-refractivity contribution in [3.05, 3.63) is 54.2 Å². The van der Waals surface area contributed by atoms with Gasteiger partial charge < -0.3 is 19.7 Å². The van der Waals surface area contributed by atoms with E-state index < -0.39 is 0 Å². The molecule has 2 aliphatic heterocycles. The Hall–Kier alpha value is -3.13. The number of benzene rings is 1. The van der Waals surface area contributed by atoms with E-state index in [4.69, 9.17) is 9.47 Å². The highest BCUT2D eigenvalue weighted by molar-refractivity contribution is 5.92. The Morgan fingerprint density at radius 2 is 1.93 bits per heavy atom. The molecule has 0 saturated carbocycles. The fraction of sp³-hybridized carbons (Fsp3) is 0.350. The fourth-order valence-electron chi connectivity index (χ4n) is 3.29. The lowest BCUT2D eigenvalue weighted by Gasteiger charge is -2.34. The van der Waals surface area contributed by atoms with Crippen LogP contribution < -0.4 is 14.8 Å². The predicted molar refractivity (Wildman–Crippen MR) is 104 cm³/mol. The molecule has 0 aliphatic carbocycles. The Morgan fingerprint density at radius 3 is 2.68 bits per heavy atom. The van der Waals surface area contributed by atoms with Gasteiger partial charge in [0.15, 0.2) is 17.2 Å². The van der Waals surface area contributed by atoms with Crippen molar-refractivity contribution in [2.45, 2.75) is 6.54 Å².